The van der Waals surface area contributed by atoms with Crippen molar-refractivity contribution in [2.24, 2.45) is 52.3 Å². The Hall–Kier alpha value is -0.870. The summed E-state index contributed by atoms with van der Waals surface area (Å²) in [5.41, 5.74) is 1.43. The third kappa shape index (κ3) is 7.27. The molecule has 0 radical (unpaired) electrons. The number of likely N-dealkylation sites (N-methyl/N-ethyl adjacent to an activating group) is 1. The molecule has 4 rings (SSSR count). The second kappa shape index (κ2) is 14.3. The van der Waals surface area contributed by atoms with Crippen LogP contribution in [0.2, 0.25) is 0 Å². The summed E-state index contributed by atoms with van der Waals surface area (Å²) in [6.07, 6.45) is 16.0. The number of carbonyl (C=O) groups is 1. The Bertz CT molecular complexity index is 866. The summed E-state index contributed by atoms with van der Waals surface area (Å²) in [6.45, 7) is 24.8. The molecule has 0 aromatic carbocycles. The van der Waals surface area contributed by atoms with Crippen LogP contribution in [0.15, 0.2) is 12.2 Å². The van der Waals surface area contributed by atoms with Crippen molar-refractivity contribution in [3.8, 4) is 0 Å². The number of hydrogen-bond acceptors (Lipinski definition) is 4. The monoisotopic (exact) mass is 571 g/mol. The number of rotatable bonds is 14. The molecule has 0 amide bonds. The number of ether oxygens (including phenoxy) is 2. The Labute approximate surface area is 253 Å². The zero-order valence-electron chi connectivity index (χ0n) is 28.0. The van der Waals surface area contributed by atoms with Crippen LogP contribution in [-0.2, 0) is 14.3 Å². The van der Waals surface area contributed by atoms with Gasteiger partial charge in [-0.15, -0.1) is 0 Å². The number of nitrogens with zero attached hydrogens (tertiary/aromatic N) is 1. The summed E-state index contributed by atoms with van der Waals surface area (Å²) in [5, 5.41) is 0. The van der Waals surface area contributed by atoms with Crippen LogP contribution in [0.5, 0.6) is 0 Å². The summed E-state index contributed by atoms with van der Waals surface area (Å²) >= 11 is 0. The normalized spacial score (nSPS) is 37.4. The molecule has 4 fully saturated rings. The lowest BCUT2D eigenvalue weighted by Crippen LogP contribution is -2.54. The molecular formula is C37H65NO3. The van der Waals surface area contributed by atoms with Gasteiger partial charge in [-0.2, -0.15) is 0 Å². The molecule has 4 aliphatic rings. The van der Waals surface area contributed by atoms with Crippen molar-refractivity contribution in [3.05, 3.63) is 12.2 Å². The second-order valence-electron chi connectivity index (χ2n) is 15.7. The van der Waals surface area contributed by atoms with Gasteiger partial charge in [-0.3, -0.25) is 0 Å². The molecule has 0 heterocycles. The van der Waals surface area contributed by atoms with Crippen molar-refractivity contribution in [1.82, 2.24) is 4.90 Å². The van der Waals surface area contributed by atoms with Gasteiger partial charge in [0.1, 0.15) is 6.10 Å². The standard InChI is InChI=1S/C37H65NO3/c1-9-38(10-2)22-23-40-25-28(6)35(39)41-30-18-20-36(7)29(24-30)14-15-31-33-17-16-32(27(5)13-11-12-26(3)4)37(33,8)21-19-34(31)36/h26-27,29-34H,6,9-25H2,1-5,7-8H3/t27-,29+,30+,31+,32-,33?,34?,36+,37-/m1/s1. The van der Waals surface area contributed by atoms with Crippen molar-refractivity contribution < 1.29 is 14.3 Å². The number of carbonyl (C=O) groups excluding carboxylic acids is 1. The molecular weight excluding hydrogens is 506 g/mol. The van der Waals surface area contributed by atoms with E-state index >= 15 is 0 Å². The zero-order chi connectivity index (χ0) is 29.8. The third-order valence-corrected chi connectivity index (χ3v) is 13.1. The van der Waals surface area contributed by atoms with Gasteiger partial charge >= 0.3 is 5.97 Å². The first kappa shape index (κ1) is 33.0. The van der Waals surface area contributed by atoms with Gasteiger partial charge in [0.2, 0.25) is 0 Å². The molecule has 4 heteroatoms. The van der Waals surface area contributed by atoms with Gasteiger partial charge < -0.3 is 14.4 Å². The minimum Gasteiger partial charge on any atom is -0.459 e. The van der Waals surface area contributed by atoms with E-state index in [-0.39, 0.29) is 18.7 Å². The first-order valence-electron chi connectivity index (χ1n) is 17.7. The highest BCUT2D eigenvalue weighted by Crippen LogP contribution is 2.68. The first-order chi connectivity index (χ1) is 19.5. The Kier molecular flexibility index (Phi) is 11.5. The van der Waals surface area contributed by atoms with Crippen LogP contribution >= 0.6 is 0 Å². The smallest absolute Gasteiger partial charge is 0.336 e. The van der Waals surface area contributed by atoms with Gasteiger partial charge in [0, 0.05) is 6.54 Å². The van der Waals surface area contributed by atoms with Crippen LogP contribution in [0.25, 0.3) is 0 Å². The quantitative estimate of drug-likeness (QED) is 0.118. The highest BCUT2D eigenvalue weighted by Gasteiger charge is 2.60. The second-order valence-corrected chi connectivity index (χ2v) is 15.7. The molecule has 4 aliphatic carbocycles. The van der Waals surface area contributed by atoms with E-state index in [4.69, 9.17) is 9.47 Å². The van der Waals surface area contributed by atoms with Crippen LogP contribution in [0.4, 0.5) is 0 Å². The molecule has 0 aliphatic heterocycles. The molecule has 236 valence electrons. The van der Waals surface area contributed by atoms with E-state index < -0.39 is 0 Å². The molecule has 0 aromatic heterocycles. The molecule has 0 bridgehead atoms. The van der Waals surface area contributed by atoms with Gasteiger partial charge in [0.25, 0.3) is 0 Å². The Morgan fingerprint density at radius 2 is 1.63 bits per heavy atom. The predicted molar refractivity (Wildman–Crippen MR) is 171 cm³/mol. The van der Waals surface area contributed by atoms with E-state index in [1.165, 1.54) is 64.2 Å². The van der Waals surface area contributed by atoms with Gasteiger partial charge in [-0.1, -0.05) is 74.3 Å². The summed E-state index contributed by atoms with van der Waals surface area (Å²) in [7, 11) is 0. The van der Waals surface area contributed by atoms with Crippen LogP contribution in [0.1, 0.15) is 126 Å². The molecule has 4 nitrogen and oxygen atoms in total. The van der Waals surface area contributed by atoms with Crippen molar-refractivity contribution in [2.75, 3.05) is 32.8 Å². The Morgan fingerprint density at radius 1 is 0.927 bits per heavy atom. The fraction of sp³-hybridized carbons (Fsp3) is 0.919. The largest absolute Gasteiger partial charge is 0.459 e. The molecule has 41 heavy (non-hydrogen) atoms. The lowest BCUT2D eigenvalue weighted by Gasteiger charge is -2.61. The number of fused-ring (bicyclic) bond motifs is 5. The first-order valence-corrected chi connectivity index (χ1v) is 17.7. The van der Waals surface area contributed by atoms with Crippen LogP contribution < -0.4 is 0 Å². The zero-order valence-corrected chi connectivity index (χ0v) is 28.0. The average Bonchev–Trinajstić information content (AvgIpc) is 3.30. The van der Waals surface area contributed by atoms with Crippen molar-refractivity contribution >= 4 is 5.97 Å². The summed E-state index contributed by atoms with van der Waals surface area (Å²) < 4.78 is 11.8. The van der Waals surface area contributed by atoms with Crippen molar-refractivity contribution in [2.45, 2.75) is 132 Å². The van der Waals surface area contributed by atoms with Gasteiger partial charge in [0.05, 0.1) is 18.8 Å². The molecule has 0 spiro atoms. The Morgan fingerprint density at radius 3 is 2.34 bits per heavy atom. The average molecular weight is 572 g/mol. The molecule has 2 unspecified atom stereocenters. The van der Waals surface area contributed by atoms with Crippen molar-refractivity contribution in [3.63, 3.8) is 0 Å². The van der Waals surface area contributed by atoms with Crippen LogP contribution in [0.3, 0.4) is 0 Å². The summed E-state index contributed by atoms with van der Waals surface area (Å²) in [6, 6.07) is 0. The Balaban J connectivity index is 1.28. The van der Waals surface area contributed by atoms with E-state index in [1.54, 1.807) is 0 Å². The lowest BCUT2D eigenvalue weighted by atomic mass is 9.44. The highest BCUT2D eigenvalue weighted by atomic mass is 16.5. The number of hydrogen-bond donors (Lipinski definition) is 0. The highest BCUT2D eigenvalue weighted by molar-refractivity contribution is 5.88. The van der Waals surface area contributed by atoms with E-state index in [9.17, 15) is 4.79 Å². The van der Waals surface area contributed by atoms with Crippen molar-refractivity contribution in [1.29, 1.82) is 0 Å². The molecule has 0 aromatic rings. The fourth-order valence-corrected chi connectivity index (χ4v) is 10.6. The summed E-state index contributed by atoms with van der Waals surface area (Å²) in [5.74, 6) is 5.77. The molecule has 4 saturated carbocycles. The minimum atomic E-state index is -0.247. The number of esters is 1. The van der Waals surface area contributed by atoms with E-state index in [0.29, 0.717) is 28.9 Å². The topological polar surface area (TPSA) is 38.8 Å². The van der Waals surface area contributed by atoms with E-state index in [2.05, 4.69) is 59.9 Å². The minimum absolute atomic E-state index is 0.0426. The van der Waals surface area contributed by atoms with Gasteiger partial charge in [-0.25, -0.2) is 4.79 Å². The van der Waals surface area contributed by atoms with E-state index in [1.807, 2.05) is 0 Å². The maximum absolute atomic E-state index is 12.9. The SMILES string of the molecule is C=C(COCCN(CC)CC)C(=O)O[C@H]1CC[C@]2(C)C3CC[C@@]4(C)C(CC[C@@H]4[C@H](C)CCCC(C)C)[C@@H]3CC[C@H]2C1. The van der Waals surface area contributed by atoms with Crippen LogP contribution in [-0.4, -0.2) is 49.8 Å². The lowest BCUT2D eigenvalue weighted by molar-refractivity contribution is -0.159. The van der Waals surface area contributed by atoms with E-state index in [0.717, 1.165) is 68.0 Å². The maximum Gasteiger partial charge on any atom is 0.336 e. The predicted octanol–water partition coefficient (Wildman–Crippen LogP) is 8.93. The molecule has 9 atom stereocenters. The third-order valence-electron chi connectivity index (χ3n) is 13.1. The summed E-state index contributed by atoms with van der Waals surface area (Å²) in [4.78, 5) is 15.2. The molecule has 0 saturated heterocycles. The van der Waals surface area contributed by atoms with Crippen LogP contribution in [0, 0.1) is 52.3 Å². The van der Waals surface area contributed by atoms with Gasteiger partial charge in [0.15, 0.2) is 0 Å². The fourth-order valence-electron chi connectivity index (χ4n) is 10.6. The molecule has 0 N–H and O–H groups in total. The van der Waals surface area contributed by atoms with Gasteiger partial charge in [-0.05, 0) is 123 Å². The maximum atomic E-state index is 12.9.